The predicted molar refractivity (Wildman–Crippen MR) is 132 cm³/mol. The molecule has 4 aromatic rings. The number of rotatable bonds is 7. The number of carbonyl (C=O) groups excluding carboxylic acids is 1. The van der Waals surface area contributed by atoms with Crippen molar-refractivity contribution >= 4 is 28.4 Å². The molecule has 0 spiro atoms. The van der Waals surface area contributed by atoms with Gasteiger partial charge in [-0.2, -0.15) is 13.2 Å². The third kappa shape index (κ3) is 5.38. The van der Waals surface area contributed by atoms with Gasteiger partial charge in [-0.1, -0.05) is 54.1 Å². The number of benzene rings is 3. The van der Waals surface area contributed by atoms with E-state index >= 15 is 0 Å². The lowest BCUT2D eigenvalue weighted by Crippen LogP contribution is -2.32. The second kappa shape index (κ2) is 9.42. The maximum Gasteiger partial charge on any atom is 0.416 e. The maximum atomic E-state index is 13.7. The van der Waals surface area contributed by atoms with Crippen LogP contribution < -0.4 is 0 Å². The minimum Gasteiger partial charge on any atom is -0.361 e. The van der Waals surface area contributed by atoms with Gasteiger partial charge in [0.1, 0.15) is 0 Å². The van der Waals surface area contributed by atoms with Gasteiger partial charge >= 0.3 is 6.18 Å². The highest BCUT2D eigenvalue weighted by Crippen LogP contribution is 2.40. The minimum atomic E-state index is -4.41. The van der Waals surface area contributed by atoms with Gasteiger partial charge in [-0.3, -0.25) is 4.79 Å². The maximum absolute atomic E-state index is 13.7. The number of nitrogens with one attached hydrogen (secondary N) is 1. The van der Waals surface area contributed by atoms with Crippen LogP contribution in [0.3, 0.4) is 0 Å². The number of carbonyl (C=O) groups is 1. The molecule has 0 atom stereocenters. The standard InChI is InChI=1S/C28H24ClF3N2O/c29-24-15-22-10-12-33-26(22)25(16-24)27(35)34(17-19-4-6-20(7-5-19)21-8-9-21)13-11-18-2-1-3-23(14-18)28(30,31)32/h1-7,10,12,14-16,21,33H,8-9,11,13,17H2. The first-order chi connectivity index (χ1) is 16.8. The van der Waals surface area contributed by atoms with Crippen LogP contribution in [0.4, 0.5) is 13.2 Å². The summed E-state index contributed by atoms with van der Waals surface area (Å²) in [5, 5.41) is 1.28. The number of amides is 1. The molecule has 1 aliphatic carbocycles. The highest BCUT2D eigenvalue weighted by molar-refractivity contribution is 6.32. The molecule has 5 rings (SSSR count). The fourth-order valence-corrected chi connectivity index (χ4v) is 4.65. The third-order valence-corrected chi connectivity index (χ3v) is 6.69. The van der Waals surface area contributed by atoms with E-state index in [-0.39, 0.29) is 12.5 Å². The van der Waals surface area contributed by atoms with Crippen LogP contribution in [0.5, 0.6) is 0 Å². The lowest BCUT2D eigenvalue weighted by Gasteiger charge is -2.24. The van der Waals surface area contributed by atoms with Crippen LogP contribution >= 0.6 is 11.6 Å². The van der Waals surface area contributed by atoms with Crippen LogP contribution in [0.1, 0.15) is 51.4 Å². The first-order valence-electron chi connectivity index (χ1n) is 11.6. The smallest absolute Gasteiger partial charge is 0.361 e. The molecule has 1 amide bonds. The Morgan fingerprint density at radius 1 is 1.00 bits per heavy atom. The summed E-state index contributed by atoms with van der Waals surface area (Å²) in [5.41, 5.74) is 3.24. The van der Waals surface area contributed by atoms with E-state index in [9.17, 15) is 18.0 Å². The van der Waals surface area contributed by atoms with Gasteiger partial charge in [0, 0.05) is 29.7 Å². The molecule has 0 aliphatic heterocycles. The van der Waals surface area contributed by atoms with E-state index in [0.29, 0.717) is 40.5 Å². The van der Waals surface area contributed by atoms with E-state index < -0.39 is 11.7 Å². The molecule has 7 heteroatoms. The molecule has 1 N–H and O–H groups in total. The first-order valence-corrected chi connectivity index (χ1v) is 12.0. The molecule has 0 radical (unpaired) electrons. The Kier molecular flexibility index (Phi) is 6.32. The molecule has 180 valence electrons. The fourth-order valence-electron chi connectivity index (χ4n) is 4.43. The van der Waals surface area contributed by atoms with Gasteiger partial charge in [0.2, 0.25) is 0 Å². The van der Waals surface area contributed by atoms with E-state index in [2.05, 4.69) is 17.1 Å². The zero-order valence-corrected chi connectivity index (χ0v) is 19.7. The van der Waals surface area contributed by atoms with E-state index in [4.69, 9.17) is 11.6 Å². The van der Waals surface area contributed by atoms with Crippen molar-refractivity contribution in [1.82, 2.24) is 9.88 Å². The second-order valence-electron chi connectivity index (χ2n) is 9.09. The van der Waals surface area contributed by atoms with Gasteiger partial charge in [0.25, 0.3) is 5.91 Å². The van der Waals surface area contributed by atoms with Gasteiger partial charge in [0.05, 0.1) is 16.6 Å². The van der Waals surface area contributed by atoms with Gasteiger partial charge in [-0.05, 0) is 66.1 Å². The van der Waals surface area contributed by atoms with Crippen molar-refractivity contribution in [1.29, 1.82) is 0 Å². The van der Waals surface area contributed by atoms with Crippen molar-refractivity contribution in [2.75, 3.05) is 6.54 Å². The summed E-state index contributed by atoms with van der Waals surface area (Å²) in [6.07, 6.45) is 0.0597. The number of halogens is 4. The molecule has 1 aliphatic rings. The Hall–Kier alpha value is -3.25. The fraction of sp³-hybridized carbons (Fsp3) is 0.250. The molecule has 3 aromatic carbocycles. The molecule has 1 aromatic heterocycles. The van der Waals surface area contributed by atoms with Crippen LogP contribution in [-0.4, -0.2) is 22.3 Å². The Balaban J connectivity index is 1.42. The first kappa shape index (κ1) is 23.5. The Bertz CT molecular complexity index is 1360. The Morgan fingerprint density at radius 2 is 1.77 bits per heavy atom. The number of aromatic nitrogens is 1. The van der Waals surface area contributed by atoms with Crippen LogP contribution in [0.15, 0.2) is 72.9 Å². The highest BCUT2D eigenvalue weighted by atomic mass is 35.5. The summed E-state index contributed by atoms with van der Waals surface area (Å²) < 4.78 is 39.5. The molecular weight excluding hydrogens is 473 g/mol. The average molecular weight is 497 g/mol. The Labute approximate surface area is 206 Å². The van der Waals surface area contributed by atoms with Crippen molar-refractivity contribution in [3.63, 3.8) is 0 Å². The summed E-state index contributed by atoms with van der Waals surface area (Å²) in [6.45, 7) is 0.608. The molecule has 35 heavy (non-hydrogen) atoms. The van der Waals surface area contributed by atoms with Crippen LogP contribution in [-0.2, 0) is 19.1 Å². The third-order valence-electron chi connectivity index (χ3n) is 6.47. The summed E-state index contributed by atoms with van der Waals surface area (Å²) in [7, 11) is 0. The second-order valence-corrected chi connectivity index (χ2v) is 9.52. The van der Waals surface area contributed by atoms with Crippen LogP contribution in [0, 0.1) is 0 Å². The highest BCUT2D eigenvalue weighted by Gasteiger charge is 2.30. The number of H-pyrrole nitrogens is 1. The van der Waals surface area contributed by atoms with Crippen molar-refractivity contribution < 1.29 is 18.0 Å². The minimum absolute atomic E-state index is 0.224. The summed E-state index contributed by atoms with van der Waals surface area (Å²) in [5.74, 6) is 0.411. The van der Waals surface area contributed by atoms with Crippen molar-refractivity contribution in [3.8, 4) is 0 Å². The topological polar surface area (TPSA) is 36.1 Å². The summed E-state index contributed by atoms with van der Waals surface area (Å²) in [6, 6.07) is 18.8. The summed E-state index contributed by atoms with van der Waals surface area (Å²) in [4.78, 5) is 18.5. The monoisotopic (exact) mass is 496 g/mol. The molecule has 0 bridgehead atoms. The molecule has 1 saturated carbocycles. The Morgan fingerprint density at radius 3 is 2.49 bits per heavy atom. The van der Waals surface area contributed by atoms with E-state index in [1.54, 1.807) is 29.3 Å². The SMILES string of the molecule is O=C(c1cc(Cl)cc2cc[nH]c12)N(CCc1cccc(C(F)(F)F)c1)Cc1ccc(C2CC2)cc1. The van der Waals surface area contributed by atoms with Gasteiger partial charge in [0.15, 0.2) is 0 Å². The molecule has 0 saturated heterocycles. The number of aromatic amines is 1. The van der Waals surface area contributed by atoms with Gasteiger partial charge < -0.3 is 9.88 Å². The van der Waals surface area contributed by atoms with E-state index in [1.165, 1.54) is 24.5 Å². The predicted octanol–water partition coefficient (Wildman–Crippen LogP) is 7.60. The number of fused-ring (bicyclic) bond motifs is 1. The summed E-state index contributed by atoms with van der Waals surface area (Å²) >= 11 is 6.28. The van der Waals surface area contributed by atoms with Crippen LogP contribution in [0.2, 0.25) is 5.02 Å². The van der Waals surface area contributed by atoms with E-state index in [1.807, 2.05) is 18.2 Å². The largest absolute Gasteiger partial charge is 0.416 e. The van der Waals surface area contributed by atoms with Crippen LogP contribution in [0.25, 0.3) is 10.9 Å². The normalized spacial score (nSPS) is 13.8. The lowest BCUT2D eigenvalue weighted by atomic mass is 10.0. The average Bonchev–Trinajstić information content (AvgIpc) is 3.58. The molecule has 0 unspecified atom stereocenters. The molecule has 1 fully saturated rings. The molecular formula is C28H24ClF3N2O. The number of hydrogen-bond donors (Lipinski definition) is 1. The van der Waals surface area contributed by atoms with Crippen molar-refractivity contribution in [2.45, 2.75) is 37.9 Å². The molecule has 3 nitrogen and oxygen atoms in total. The number of alkyl halides is 3. The van der Waals surface area contributed by atoms with Gasteiger partial charge in [-0.25, -0.2) is 0 Å². The van der Waals surface area contributed by atoms with Gasteiger partial charge in [-0.15, -0.1) is 0 Å². The quantitative estimate of drug-likeness (QED) is 0.281. The van der Waals surface area contributed by atoms with Crippen molar-refractivity contribution in [2.24, 2.45) is 0 Å². The van der Waals surface area contributed by atoms with E-state index in [0.717, 1.165) is 23.1 Å². The number of hydrogen-bond acceptors (Lipinski definition) is 1. The van der Waals surface area contributed by atoms with Crippen molar-refractivity contribution in [3.05, 3.63) is 106 Å². The lowest BCUT2D eigenvalue weighted by molar-refractivity contribution is -0.137. The molecule has 1 heterocycles. The zero-order chi connectivity index (χ0) is 24.6. The zero-order valence-electron chi connectivity index (χ0n) is 18.9. The number of nitrogens with zero attached hydrogens (tertiary/aromatic N) is 1.